The molecule has 1 N–H and O–H groups in total. The van der Waals surface area contributed by atoms with Crippen molar-refractivity contribution in [2.75, 3.05) is 11.9 Å². The maximum Gasteiger partial charge on any atom is 0.278 e. The molecule has 0 bridgehead atoms. The smallest absolute Gasteiger partial charge is 0.278 e. The molecule has 0 aliphatic carbocycles. The Balaban J connectivity index is 2.03. The van der Waals surface area contributed by atoms with Gasteiger partial charge in [-0.3, -0.25) is 14.5 Å². The van der Waals surface area contributed by atoms with Crippen molar-refractivity contribution in [2.24, 2.45) is 0 Å². The molecule has 3 rings (SSSR count). The molecule has 0 fully saturated rings. The van der Waals surface area contributed by atoms with Crippen molar-refractivity contribution < 1.29 is 14.0 Å². The lowest BCUT2D eigenvalue weighted by atomic mass is 10.2. The summed E-state index contributed by atoms with van der Waals surface area (Å²) in [5.41, 5.74) is 1.07. The van der Waals surface area contributed by atoms with Crippen LogP contribution in [-0.4, -0.2) is 23.3 Å². The van der Waals surface area contributed by atoms with Crippen LogP contribution in [0.25, 0.3) is 5.57 Å². The molecule has 0 radical (unpaired) electrons. The van der Waals surface area contributed by atoms with Crippen molar-refractivity contribution >= 4 is 34.4 Å². The van der Waals surface area contributed by atoms with Gasteiger partial charge in [0.25, 0.3) is 11.8 Å². The van der Waals surface area contributed by atoms with Crippen molar-refractivity contribution in [3.63, 3.8) is 0 Å². The SMILES string of the molecule is C=CCN1C(=O)C(Nc2ccc(F)cc2)=C(c2cccs2)C1=O. The molecule has 1 aliphatic rings. The van der Waals surface area contributed by atoms with Crippen molar-refractivity contribution in [1.82, 2.24) is 4.90 Å². The summed E-state index contributed by atoms with van der Waals surface area (Å²) in [6, 6.07) is 9.21. The van der Waals surface area contributed by atoms with Gasteiger partial charge in [0, 0.05) is 17.1 Å². The molecule has 2 heterocycles. The van der Waals surface area contributed by atoms with Crippen LogP contribution in [-0.2, 0) is 9.59 Å². The summed E-state index contributed by atoms with van der Waals surface area (Å²) in [5.74, 6) is -1.14. The standard InChI is InChI=1S/C17H13FN2O2S/c1-2-9-20-16(21)14(13-4-3-10-23-13)15(17(20)22)19-12-7-5-11(18)6-8-12/h2-8,10,19H,1,9H2. The number of rotatable bonds is 5. The molecule has 1 aromatic heterocycles. The van der Waals surface area contributed by atoms with Gasteiger partial charge in [0.2, 0.25) is 0 Å². The van der Waals surface area contributed by atoms with E-state index < -0.39 is 5.91 Å². The Morgan fingerprint density at radius 3 is 2.52 bits per heavy atom. The molecule has 116 valence electrons. The molecular weight excluding hydrogens is 315 g/mol. The zero-order valence-corrected chi connectivity index (χ0v) is 12.9. The third-order valence-electron chi connectivity index (χ3n) is 3.36. The largest absolute Gasteiger partial charge is 0.350 e. The normalized spacial score (nSPS) is 14.6. The summed E-state index contributed by atoms with van der Waals surface area (Å²) in [5, 5.41) is 4.79. The van der Waals surface area contributed by atoms with Gasteiger partial charge in [-0.25, -0.2) is 4.39 Å². The van der Waals surface area contributed by atoms with Gasteiger partial charge in [0.15, 0.2) is 0 Å². The molecule has 23 heavy (non-hydrogen) atoms. The van der Waals surface area contributed by atoms with Crippen LogP contribution >= 0.6 is 11.3 Å². The molecule has 4 nitrogen and oxygen atoms in total. The van der Waals surface area contributed by atoms with Gasteiger partial charge in [-0.1, -0.05) is 12.1 Å². The van der Waals surface area contributed by atoms with Crippen molar-refractivity contribution in [2.45, 2.75) is 0 Å². The van der Waals surface area contributed by atoms with Crippen molar-refractivity contribution in [3.8, 4) is 0 Å². The third-order valence-corrected chi connectivity index (χ3v) is 4.25. The first-order chi connectivity index (χ1) is 11.1. The van der Waals surface area contributed by atoms with Crippen LogP contribution in [0, 0.1) is 5.82 Å². The predicted octanol–water partition coefficient (Wildman–Crippen LogP) is 3.27. The predicted molar refractivity (Wildman–Crippen MR) is 88.2 cm³/mol. The first-order valence-corrected chi connectivity index (χ1v) is 7.77. The zero-order valence-electron chi connectivity index (χ0n) is 12.1. The number of carbonyl (C=O) groups excluding carboxylic acids is 2. The van der Waals surface area contributed by atoms with Crippen LogP contribution in [0.15, 0.2) is 60.1 Å². The van der Waals surface area contributed by atoms with E-state index in [0.717, 1.165) is 4.90 Å². The summed E-state index contributed by atoms with van der Waals surface area (Å²) in [4.78, 5) is 27.0. The second-order valence-corrected chi connectivity index (χ2v) is 5.82. The van der Waals surface area contributed by atoms with E-state index in [1.165, 1.54) is 41.7 Å². The number of carbonyl (C=O) groups is 2. The van der Waals surface area contributed by atoms with Gasteiger partial charge in [-0.15, -0.1) is 17.9 Å². The number of hydrogen-bond acceptors (Lipinski definition) is 4. The van der Waals surface area contributed by atoms with E-state index in [-0.39, 0.29) is 24.0 Å². The molecule has 0 unspecified atom stereocenters. The highest BCUT2D eigenvalue weighted by atomic mass is 32.1. The van der Waals surface area contributed by atoms with E-state index in [4.69, 9.17) is 0 Å². The first-order valence-electron chi connectivity index (χ1n) is 6.89. The Bertz CT molecular complexity index is 795. The second-order valence-electron chi connectivity index (χ2n) is 4.87. The number of hydrogen-bond donors (Lipinski definition) is 1. The van der Waals surface area contributed by atoms with E-state index >= 15 is 0 Å². The molecule has 0 saturated heterocycles. The van der Waals surface area contributed by atoms with E-state index in [2.05, 4.69) is 11.9 Å². The van der Waals surface area contributed by atoms with E-state index in [1.807, 2.05) is 11.4 Å². The van der Waals surface area contributed by atoms with Gasteiger partial charge in [0.05, 0.1) is 5.57 Å². The highest BCUT2D eigenvalue weighted by molar-refractivity contribution is 7.11. The summed E-state index contributed by atoms with van der Waals surface area (Å²) in [7, 11) is 0. The fourth-order valence-corrected chi connectivity index (χ4v) is 3.08. The average Bonchev–Trinajstić information content (AvgIpc) is 3.13. The topological polar surface area (TPSA) is 49.4 Å². The van der Waals surface area contributed by atoms with Crippen LogP contribution < -0.4 is 5.32 Å². The Morgan fingerprint density at radius 2 is 1.91 bits per heavy atom. The molecule has 2 amide bonds. The van der Waals surface area contributed by atoms with Crippen molar-refractivity contribution in [3.05, 3.63) is 70.8 Å². The van der Waals surface area contributed by atoms with Crippen LogP contribution in [0.5, 0.6) is 0 Å². The maximum absolute atomic E-state index is 13.0. The van der Waals surface area contributed by atoms with Gasteiger partial charge in [-0.2, -0.15) is 0 Å². The second kappa shape index (κ2) is 6.18. The van der Waals surface area contributed by atoms with Gasteiger partial charge < -0.3 is 5.32 Å². The number of anilines is 1. The quantitative estimate of drug-likeness (QED) is 0.677. The number of amides is 2. The van der Waals surface area contributed by atoms with Gasteiger partial charge >= 0.3 is 0 Å². The average molecular weight is 328 g/mol. The summed E-state index contributed by atoms with van der Waals surface area (Å²) >= 11 is 1.38. The number of nitrogens with one attached hydrogen (secondary N) is 1. The van der Waals surface area contributed by atoms with Crippen molar-refractivity contribution in [1.29, 1.82) is 0 Å². The molecular formula is C17H13FN2O2S. The minimum absolute atomic E-state index is 0.140. The van der Waals surface area contributed by atoms with E-state index in [0.29, 0.717) is 16.1 Å². The van der Waals surface area contributed by atoms with Crippen LogP contribution in [0.1, 0.15) is 4.88 Å². The Hall–Kier alpha value is -2.73. The Morgan fingerprint density at radius 1 is 1.17 bits per heavy atom. The summed E-state index contributed by atoms with van der Waals surface area (Å²) < 4.78 is 13.0. The molecule has 1 aromatic carbocycles. The van der Waals surface area contributed by atoms with Crippen LogP contribution in [0.4, 0.5) is 10.1 Å². The molecule has 1 aliphatic heterocycles. The number of imide groups is 1. The monoisotopic (exact) mass is 328 g/mol. The molecule has 0 saturated carbocycles. The highest BCUT2D eigenvalue weighted by Gasteiger charge is 2.38. The number of nitrogens with zero attached hydrogens (tertiary/aromatic N) is 1. The molecule has 0 spiro atoms. The van der Waals surface area contributed by atoms with E-state index in [1.54, 1.807) is 6.07 Å². The van der Waals surface area contributed by atoms with E-state index in [9.17, 15) is 14.0 Å². The third kappa shape index (κ3) is 2.80. The Labute approximate surface area is 136 Å². The lowest BCUT2D eigenvalue weighted by Gasteiger charge is -2.12. The fraction of sp³-hybridized carbons (Fsp3) is 0.0588. The zero-order chi connectivity index (χ0) is 16.4. The van der Waals surface area contributed by atoms with Crippen LogP contribution in [0.3, 0.4) is 0 Å². The molecule has 2 aromatic rings. The highest BCUT2D eigenvalue weighted by Crippen LogP contribution is 2.32. The number of thiophene rings is 1. The minimum atomic E-state index is -0.414. The Kier molecular flexibility index (Phi) is 4.08. The summed E-state index contributed by atoms with van der Waals surface area (Å²) in [6.45, 7) is 3.72. The van der Waals surface area contributed by atoms with Crippen LogP contribution in [0.2, 0.25) is 0 Å². The minimum Gasteiger partial charge on any atom is -0.350 e. The number of benzene rings is 1. The van der Waals surface area contributed by atoms with Gasteiger partial charge in [-0.05, 0) is 35.7 Å². The number of halogens is 1. The lowest BCUT2D eigenvalue weighted by molar-refractivity contribution is -0.136. The first kappa shape index (κ1) is 15.2. The molecule has 0 atom stereocenters. The summed E-state index contributed by atoms with van der Waals surface area (Å²) in [6.07, 6.45) is 1.50. The fourth-order valence-electron chi connectivity index (χ4n) is 2.31. The lowest BCUT2D eigenvalue weighted by Crippen LogP contribution is -2.32. The maximum atomic E-state index is 13.0. The molecule has 6 heteroatoms. The van der Waals surface area contributed by atoms with Gasteiger partial charge in [0.1, 0.15) is 11.5 Å².